The molecule has 2 N–H and O–H groups in total. The molecule has 0 heterocycles. The molecule has 2 aromatic carbocycles. The van der Waals surface area contributed by atoms with E-state index in [1.54, 1.807) is 0 Å². The molecule has 2 aliphatic rings. The van der Waals surface area contributed by atoms with Crippen LogP contribution in [-0.2, 0) is 14.3 Å². The molecule has 0 radical (unpaired) electrons. The van der Waals surface area contributed by atoms with Gasteiger partial charge >= 0.3 is 12.1 Å². The second-order valence-corrected chi connectivity index (χ2v) is 9.97. The summed E-state index contributed by atoms with van der Waals surface area (Å²) in [4.78, 5) is 38.9. The molecule has 2 atom stereocenters. The number of hydrogen-bond donors (Lipinski definition) is 2. The van der Waals surface area contributed by atoms with Gasteiger partial charge in [0, 0.05) is 18.5 Å². The molecule has 0 aliphatic heterocycles. The van der Waals surface area contributed by atoms with E-state index in [9.17, 15) is 19.5 Å². The number of carboxylic acid groups (broad SMARTS) is 1. The predicted octanol–water partition coefficient (Wildman–Crippen LogP) is 4.65. The molecule has 0 aromatic heterocycles. The zero-order chi connectivity index (χ0) is 24.9. The van der Waals surface area contributed by atoms with Crippen LogP contribution in [0.2, 0.25) is 0 Å². The predicted molar refractivity (Wildman–Crippen MR) is 133 cm³/mol. The minimum Gasteiger partial charge on any atom is -0.480 e. The zero-order valence-electron chi connectivity index (χ0n) is 20.4. The van der Waals surface area contributed by atoms with Crippen molar-refractivity contribution < 1.29 is 24.2 Å². The lowest BCUT2D eigenvalue weighted by molar-refractivity contribution is -0.147. The van der Waals surface area contributed by atoms with Crippen molar-refractivity contribution in [2.45, 2.75) is 51.5 Å². The Morgan fingerprint density at radius 2 is 1.60 bits per heavy atom. The molecule has 2 aliphatic carbocycles. The first kappa shape index (κ1) is 24.8. The molecule has 186 valence electrons. The number of fused-ring (bicyclic) bond motifs is 3. The number of amides is 2. The fourth-order valence-electron chi connectivity index (χ4n) is 5.46. The molecule has 2 amide bonds. The fourth-order valence-corrected chi connectivity index (χ4v) is 5.46. The average molecular weight is 479 g/mol. The average Bonchev–Trinajstić information content (AvgIpc) is 3.15. The van der Waals surface area contributed by atoms with E-state index in [-0.39, 0.29) is 36.9 Å². The first-order chi connectivity index (χ1) is 16.8. The molecule has 7 nitrogen and oxygen atoms in total. The second kappa shape index (κ2) is 10.9. The van der Waals surface area contributed by atoms with E-state index in [0.717, 1.165) is 24.0 Å². The summed E-state index contributed by atoms with van der Waals surface area (Å²) in [6, 6.07) is 16.0. The minimum absolute atomic E-state index is 0.0333. The number of nitrogens with one attached hydrogen (secondary N) is 1. The quantitative estimate of drug-likeness (QED) is 0.576. The van der Waals surface area contributed by atoms with E-state index in [0.29, 0.717) is 19.4 Å². The van der Waals surface area contributed by atoms with Crippen LogP contribution in [0, 0.1) is 11.8 Å². The van der Waals surface area contributed by atoms with Crippen molar-refractivity contribution in [3.8, 4) is 11.1 Å². The van der Waals surface area contributed by atoms with Crippen molar-refractivity contribution in [3.05, 3.63) is 59.7 Å². The highest BCUT2D eigenvalue weighted by atomic mass is 16.5. The van der Waals surface area contributed by atoms with Gasteiger partial charge in [-0.25, -0.2) is 4.79 Å². The maximum Gasteiger partial charge on any atom is 0.407 e. The van der Waals surface area contributed by atoms with Crippen LogP contribution in [0.3, 0.4) is 0 Å². The number of rotatable bonds is 8. The molecule has 1 fully saturated rings. The Kier molecular flexibility index (Phi) is 7.73. The van der Waals surface area contributed by atoms with Crippen molar-refractivity contribution in [1.82, 2.24) is 10.2 Å². The maximum absolute atomic E-state index is 13.3. The van der Waals surface area contributed by atoms with Crippen molar-refractivity contribution >= 4 is 18.0 Å². The van der Waals surface area contributed by atoms with E-state index in [1.165, 1.54) is 16.0 Å². The van der Waals surface area contributed by atoms with E-state index in [1.807, 2.05) is 38.1 Å². The van der Waals surface area contributed by atoms with Crippen LogP contribution in [0.25, 0.3) is 11.1 Å². The molecule has 35 heavy (non-hydrogen) atoms. The van der Waals surface area contributed by atoms with Crippen LogP contribution in [0.1, 0.15) is 56.6 Å². The van der Waals surface area contributed by atoms with Crippen LogP contribution in [0.4, 0.5) is 4.79 Å². The van der Waals surface area contributed by atoms with E-state index >= 15 is 0 Å². The Morgan fingerprint density at radius 1 is 1.00 bits per heavy atom. The number of hydrogen-bond acceptors (Lipinski definition) is 4. The lowest BCUT2D eigenvalue weighted by Gasteiger charge is -2.35. The zero-order valence-corrected chi connectivity index (χ0v) is 20.4. The summed E-state index contributed by atoms with van der Waals surface area (Å²) in [5.74, 6) is -1.56. The normalized spacial score (nSPS) is 19.1. The molecule has 1 saturated carbocycles. The van der Waals surface area contributed by atoms with Gasteiger partial charge in [-0.05, 0) is 41.0 Å². The van der Waals surface area contributed by atoms with Crippen LogP contribution >= 0.6 is 0 Å². The number of ether oxygens (including phenoxy) is 1. The third-order valence-electron chi connectivity index (χ3n) is 6.95. The van der Waals surface area contributed by atoms with E-state index in [4.69, 9.17) is 4.74 Å². The van der Waals surface area contributed by atoms with Gasteiger partial charge in [0.25, 0.3) is 0 Å². The highest BCUT2D eigenvalue weighted by Gasteiger charge is 2.36. The summed E-state index contributed by atoms with van der Waals surface area (Å²) in [7, 11) is 0. The van der Waals surface area contributed by atoms with Crippen molar-refractivity contribution in [3.63, 3.8) is 0 Å². The summed E-state index contributed by atoms with van der Waals surface area (Å²) in [6.07, 6.45) is 2.54. The molecule has 0 saturated heterocycles. The van der Waals surface area contributed by atoms with Crippen LogP contribution in [-0.4, -0.2) is 53.7 Å². The van der Waals surface area contributed by atoms with E-state index in [2.05, 4.69) is 29.6 Å². The first-order valence-corrected chi connectivity index (χ1v) is 12.5. The van der Waals surface area contributed by atoms with Gasteiger partial charge in [-0.1, -0.05) is 75.2 Å². The molecular formula is C28H34N2O5. The first-order valence-electron chi connectivity index (χ1n) is 12.5. The van der Waals surface area contributed by atoms with Crippen molar-refractivity contribution in [1.29, 1.82) is 0 Å². The van der Waals surface area contributed by atoms with Gasteiger partial charge in [0.2, 0.25) is 5.91 Å². The smallest absolute Gasteiger partial charge is 0.407 e. The molecule has 0 bridgehead atoms. The van der Waals surface area contributed by atoms with Crippen LogP contribution in [0.5, 0.6) is 0 Å². The Bertz CT molecular complexity index is 1040. The number of carbonyl (C=O) groups is 3. The summed E-state index contributed by atoms with van der Waals surface area (Å²) in [5, 5.41) is 12.2. The number of nitrogens with zero attached hydrogens (tertiary/aromatic N) is 1. The largest absolute Gasteiger partial charge is 0.480 e. The Hall–Kier alpha value is -3.35. The fraction of sp³-hybridized carbons (Fsp3) is 0.464. The third-order valence-corrected chi connectivity index (χ3v) is 6.95. The lowest BCUT2D eigenvalue weighted by atomic mass is 9.83. The number of carbonyl (C=O) groups excluding carboxylic acids is 2. The molecule has 2 aromatic rings. The number of benzene rings is 2. The number of carboxylic acids is 1. The Labute approximate surface area is 206 Å². The summed E-state index contributed by atoms with van der Waals surface area (Å²) in [6.45, 7) is 4.17. The lowest BCUT2D eigenvalue weighted by Crippen LogP contribution is -2.51. The molecule has 0 spiro atoms. The van der Waals surface area contributed by atoms with Crippen LogP contribution in [0.15, 0.2) is 48.5 Å². The SMILES string of the molecule is CC(C)CN(CC(=O)O)C(=O)C1CCCCC1NC(=O)OCC1c2ccccc2-c2ccccc21. The third kappa shape index (κ3) is 5.66. The minimum atomic E-state index is -1.03. The number of aliphatic carboxylic acids is 1. The Morgan fingerprint density at radius 3 is 2.20 bits per heavy atom. The van der Waals surface area contributed by atoms with Crippen molar-refractivity contribution in [2.24, 2.45) is 11.8 Å². The monoisotopic (exact) mass is 478 g/mol. The van der Waals surface area contributed by atoms with Gasteiger partial charge in [0.15, 0.2) is 0 Å². The van der Waals surface area contributed by atoms with Crippen molar-refractivity contribution in [2.75, 3.05) is 19.7 Å². The molecular weight excluding hydrogens is 444 g/mol. The highest BCUT2D eigenvalue weighted by molar-refractivity contribution is 5.84. The number of alkyl carbamates (subject to hydrolysis) is 1. The van der Waals surface area contributed by atoms with Gasteiger partial charge in [-0.15, -0.1) is 0 Å². The van der Waals surface area contributed by atoms with Gasteiger partial charge < -0.3 is 20.1 Å². The maximum atomic E-state index is 13.3. The molecule has 4 rings (SSSR count). The molecule has 2 unspecified atom stereocenters. The van der Waals surface area contributed by atoms with Gasteiger partial charge in [0.1, 0.15) is 13.2 Å². The highest BCUT2D eigenvalue weighted by Crippen LogP contribution is 2.44. The van der Waals surface area contributed by atoms with Crippen LogP contribution < -0.4 is 5.32 Å². The Balaban J connectivity index is 1.41. The van der Waals surface area contributed by atoms with Gasteiger partial charge in [-0.3, -0.25) is 9.59 Å². The van der Waals surface area contributed by atoms with Gasteiger partial charge in [-0.2, -0.15) is 0 Å². The summed E-state index contributed by atoms with van der Waals surface area (Å²) < 4.78 is 5.69. The topological polar surface area (TPSA) is 95.9 Å². The summed E-state index contributed by atoms with van der Waals surface area (Å²) in [5.41, 5.74) is 4.62. The standard InChI is InChI=1S/C28H34N2O5/c1-18(2)15-30(16-26(31)32)27(33)23-13-7-8-14-25(23)29-28(34)35-17-24-21-11-5-3-9-19(21)20-10-4-6-12-22(20)24/h3-6,9-12,18,23-25H,7-8,13-17H2,1-2H3,(H,29,34)(H,31,32). The molecule has 7 heteroatoms. The second-order valence-electron chi connectivity index (χ2n) is 9.97. The summed E-state index contributed by atoms with van der Waals surface area (Å²) >= 11 is 0. The van der Waals surface area contributed by atoms with Gasteiger partial charge in [0.05, 0.1) is 5.92 Å². The van der Waals surface area contributed by atoms with E-state index < -0.39 is 18.0 Å².